The number of amides is 1. The van der Waals surface area contributed by atoms with Crippen molar-refractivity contribution in [3.05, 3.63) is 55.1 Å². The molecule has 4 aromatic rings. The molecule has 0 bridgehead atoms. The third-order valence-corrected chi connectivity index (χ3v) is 4.94. The number of fused-ring (bicyclic) bond motifs is 2. The Bertz CT molecular complexity index is 1210. The summed E-state index contributed by atoms with van der Waals surface area (Å²) >= 11 is 0. The summed E-state index contributed by atoms with van der Waals surface area (Å²) in [5.41, 5.74) is 2.62. The molecule has 0 aliphatic rings. The molecule has 7 nitrogen and oxygen atoms in total. The highest BCUT2D eigenvalue weighted by molar-refractivity contribution is 5.83. The highest BCUT2D eigenvalue weighted by atomic mass is 19.3. The van der Waals surface area contributed by atoms with Crippen molar-refractivity contribution in [2.24, 2.45) is 0 Å². The molecule has 4 rings (SSSR count). The van der Waals surface area contributed by atoms with Crippen LogP contribution in [0.15, 0.2) is 55.1 Å². The van der Waals surface area contributed by atoms with E-state index < -0.39 is 24.0 Å². The smallest absolute Gasteiger partial charge is 0.321 e. The van der Waals surface area contributed by atoms with Gasteiger partial charge in [0.2, 0.25) is 0 Å². The number of benzene rings is 1. The number of hydrogen-bond acceptors (Lipinski definition) is 4. The number of halogens is 2. The molecule has 0 radical (unpaired) electrons. The van der Waals surface area contributed by atoms with E-state index in [1.54, 1.807) is 32.3 Å². The molecule has 0 aliphatic heterocycles. The van der Waals surface area contributed by atoms with Crippen molar-refractivity contribution in [2.45, 2.75) is 38.8 Å². The lowest BCUT2D eigenvalue weighted by atomic mass is 10.2. The minimum absolute atomic E-state index is 0.507. The maximum absolute atomic E-state index is 13.1. The van der Waals surface area contributed by atoms with Crippen LogP contribution in [-0.4, -0.2) is 43.1 Å². The predicted octanol–water partition coefficient (Wildman–Crippen LogP) is 3.60. The van der Waals surface area contributed by atoms with Gasteiger partial charge in [-0.05, 0) is 44.2 Å². The summed E-state index contributed by atoms with van der Waals surface area (Å²) in [5.74, 6) is -4.19. The number of carbonyl (C=O) groups is 1. The Morgan fingerprint density at radius 3 is 2.80 bits per heavy atom. The van der Waals surface area contributed by atoms with Crippen LogP contribution >= 0.6 is 0 Å². The summed E-state index contributed by atoms with van der Waals surface area (Å²) < 4.78 is 35.7. The molecule has 3 heterocycles. The van der Waals surface area contributed by atoms with Gasteiger partial charge in [0.05, 0.1) is 23.4 Å². The second-order valence-electron chi connectivity index (χ2n) is 7.33. The second-order valence-corrected chi connectivity index (χ2v) is 7.33. The maximum Gasteiger partial charge on any atom is 0.321 e. The molecule has 1 N–H and O–H groups in total. The van der Waals surface area contributed by atoms with Gasteiger partial charge in [-0.1, -0.05) is 0 Å². The fraction of sp³-hybridized carbons (Fsp3) is 0.286. The Balaban J connectivity index is 1.52. The number of nitrogens with zero attached hydrogens (tertiary/aromatic N) is 4. The number of imidazole rings is 1. The van der Waals surface area contributed by atoms with Crippen LogP contribution in [0.25, 0.3) is 22.2 Å². The van der Waals surface area contributed by atoms with Gasteiger partial charge in [0.1, 0.15) is 17.5 Å². The van der Waals surface area contributed by atoms with Gasteiger partial charge in [-0.2, -0.15) is 13.9 Å². The third-order valence-electron chi connectivity index (χ3n) is 4.94. The fourth-order valence-corrected chi connectivity index (χ4v) is 3.09. The van der Waals surface area contributed by atoms with E-state index >= 15 is 0 Å². The number of alkyl halides is 2. The minimum Gasteiger partial charge on any atom is -0.489 e. The maximum atomic E-state index is 13.1. The molecule has 0 spiro atoms. The average Bonchev–Trinajstić information content (AvgIpc) is 3.32. The van der Waals surface area contributed by atoms with Gasteiger partial charge in [-0.25, -0.2) is 9.67 Å². The van der Waals surface area contributed by atoms with E-state index in [1.807, 2.05) is 45.7 Å². The largest absolute Gasteiger partial charge is 0.489 e. The van der Waals surface area contributed by atoms with Gasteiger partial charge >= 0.3 is 5.92 Å². The summed E-state index contributed by atoms with van der Waals surface area (Å²) in [6, 6.07) is 8.76. The number of pyridine rings is 1. The molecule has 0 unspecified atom stereocenters. The van der Waals surface area contributed by atoms with Crippen LogP contribution in [-0.2, 0) is 4.79 Å². The normalized spacial score (nSPS) is 14.0. The number of carbonyl (C=O) groups excluding carboxylic acids is 1. The van der Waals surface area contributed by atoms with Gasteiger partial charge in [0.25, 0.3) is 5.91 Å². The van der Waals surface area contributed by atoms with Gasteiger partial charge in [0.15, 0.2) is 0 Å². The molecule has 156 valence electrons. The Kier molecular flexibility index (Phi) is 4.89. The van der Waals surface area contributed by atoms with Crippen molar-refractivity contribution < 1.29 is 18.3 Å². The first-order valence-electron chi connectivity index (χ1n) is 9.49. The lowest BCUT2D eigenvalue weighted by Crippen LogP contribution is -2.48. The SMILES string of the molecule is C[C@H](NC(=O)C(C)(F)F)[C@@H](C)Oc1ccc2c(cnn2-c2ccc3nccn3c2)c1. The lowest BCUT2D eigenvalue weighted by Gasteiger charge is -2.24. The van der Waals surface area contributed by atoms with Crippen molar-refractivity contribution in [1.82, 2.24) is 24.5 Å². The zero-order chi connectivity index (χ0) is 21.5. The van der Waals surface area contributed by atoms with Crippen LogP contribution in [0.1, 0.15) is 20.8 Å². The average molecular weight is 413 g/mol. The van der Waals surface area contributed by atoms with Crippen molar-refractivity contribution in [1.29, 1.82) is 0 Å². The molecule has 0 saturated heterocycles. The first-order chi connectivity index (χ1) is 14.2. The highest BCUT2D eigenvalue weighted by Crippen LogP contribution is 2.24. The zero-order valence-corrected chi connectivity index (χ0v) is 16.7. The highest BCUT2D eigenvalue weighted by Gasteiger charge is 2.34. The quantitative estimate of drug-likeness (QED) is 0.524. The Hall–Kier alpha value is -3.49. The van der Waals surface area contributed by atoms with E-state index in [-0.39, 0.29) is 0 Å². The molecule has 9 heteroatoms. The molecule has 1 amide bonds. The number of rotatable bonds is 6. The molecule has 30 heavy (non-hydrogen) atoms. The first kappa shape index (κ1) is 19.8. The van der Waals surface area contributed by atoms with Crippen LogP contribution in [0.5, 0.6) is 5.75 Å². The Morgan fingerprint density at radius 1 is 1.23 bits per heavy atom. The van der Waals surface area contributed by atoms with Crippen LogP contribution in [0.4, 0.5) is 8.78 Å². The van der Waals surface area contributed by atoms with Gasteiger partial charge in [-0.3, -0.25) is 4.79 Å². The number of ether oxygens (including phenoxy) is 1. The lowest BCUT2D eigenvalue weighted by molar-refractivity contribution is -0.144. The van der Waals surface area contributed by atoms with E-state index in [2.05, 4.69) is 15.4 Å². The Labute approximate surface area is 171 Å². The summed E-state index contributed by atoms with van der Waals surface area (Å²) in [4.78, 5) is 15.7. The van der Waals surface area contributed by atoms with Gasteiger partial charge in [0, 0.05) is 30.9 Å². The van der Waals surface area contributed by atoms with E-state index in [0.717, 1.165) is 22.2 Å². The molecule has 2 atom stereocenters. The van der Waals surface area contributed by atoms with Crippen molar-refractivity contribution in [2.75, 3.05) is 0 Å². The summed E-state index contributed by atoms with van der Waals surface area (Å²) in [6.45, 7) is 3.90. The molecule has 0 aliphatic carbocycles. The van der Waals surface area contributed by atoms with Crippen LogP contribution in [0, 0.1) is 0 Å². The van der Waals surface area contributed by atoms with E-state index in [4.69, 9.17) is 4.74 Å². The molecule has 3 aromatic heterocycles. The van der Waals surface area contributed by atoms with Crippen molar-refractivity contribution >= 4 is 22.5 Å². The standard InChI is InChI=1S/C21H21F2N5O2/c1-13(26-20(29)21(3,22)23)14(2)30-17-5-6-18-15(10-17)11-25-28(18)16-4-7-19-24-8-9-27(19)12-16/h4-14H,1-3H3,(H,26,29)/t13-,14+/m0/s1. The first-order valence-corrected chi connectivity index (χ1v) is 9.49. The number of nitrogens with one attached hydrogen (secondary N) is 1. The monoisotopic (exact) mass is 413 g/mol. The fourth-order valence-electron chi connectivity index (χ4n) is 3.09. The summed E-state index contributed by atoms with van der Waals surface area (Å²) in [5, 5.41) is 7.61. The van der Waals surface area contributed by atoms with E-state index in [0.29, 0.717) is 12.7 Å². The molecular formula is C21H21F2N5O2. The van der Waals surface area contributed by atoms with Gasteiger partial charge in [-0.15, -0.1) is 0 Å². The van der Waals surface area contributed by atoms with Crippen LogP contribution in [0.2, 0.25) is 0 Å². The van der Waals surface area contributed by atoms with E-state index in [1.165, 1.54) is 0 Å². The number of hydrogen-bond donors (Lipinski definition) is 1. The van der Waals surface area contributed by atoms with Crippen molar-refractivity contribution in [3.8, 4) is 11.4 Å². The third kappa shape index (κ3) is 3.83. The number of aromatic nitrogens is 4. The molecule has 0 fully saturated rings. The molecular weight excluding hydrogens is 392 g/mol. The van der Waals surface area contributed by atoms with Gasteiger partial charge < -0.3 is 14.5 Å². The van der Waals surface area contributed by atoms with Crippen LogP contribution in [0.3, 0.4) is 0 Å². The topological polar surface area (TPSA) is 73.4 Å². The second kappa shape index (κ2) is 7.40. The van der Waals surface area contributed by atoms with E-state index in [9.17, 15) is 13.6 Å². The zero-order valence-electron chi connectivity index (χ0n) is 16.7. The Morgan fingerprint density at radius 2 is 2.03 bits per heavy atom. The summed E-state index contributed by atoms with van der Waals surface area (Å²) in [7, 11) is 0. The molecule has 0 saturated carbocycles. The predicted molar refractivity (Wildman–Crippen MR) is 108 cm³/mol. The minimum atomic E-state index is -3.43. The molecule has 1 aromatic carbocycles. The summed E-state index contributed by atoms with van der Waals surface area (Å²) in [6.07, 6.45) is 6.76. The van der Waals surface area contributed by atoms with Crippen LogP contribution < -0.4 is 10.1 Å². The van der Waals surface area contributed by atoms with Crippen molar-refractivity contribution in [3.63, 3.8) is 0 Å².